The Labute approximate surface area is 243 Å². The van der Waals surface area contributed by atoms with E-state index >= 15 is 0 Å². The van der Waals surface area contributed by atoms with Crippen molar-refractivity contribution in [2.24, 2.45) is 10.8 Å². The van der Waals surface area contributed by atoms with Crippen LogP contribution in [0.2, 0.25) is 0 Å². The molecule has 1 aliphatic heterocycles. The van der Waals surface area contributed by atoms with E-state index in [1.165, 1.54) is 38.5 Å². The Bertz CT molecular complexity index is 1640. The molecule has 42 heavy (non-hydrogen) atoms. The van der Waals surface area contributed by atoms with Crippen molar-refractivity contribution in [3.8, 4) is 0 Å². The number of sulfone groups is 1. The first-order valence-corrected chi connectivity index (χ1v) is 15.4. The number of fused-ring (bicyclic) bond motifs is 7. The van der Waals surface area contributed by atoms with Gasteiger partial charge in [0.1, 0.15) is 11.4 Å². The number of methoxy groups -OCH3 is 2. The van der Waals surface area contributed by atoms with Crippen molar-refractivity contribution < 1.29 is 46.5 Å². The number of esters is 4. The highest BCUT2D eigenvalue weighted by atomic mass is 32.2. The number of benzene rings is 2. The van der Waals surface area contributed by atoms with E-state index in [1.807, 2.05) is 0 Å². The van der Waals surface area contributed by atoms with Crippen molar-refractivity contribution in [2.45, 2.75) is 73.7 Å². The summed E-state index contributed by atoms with van der Waals surface area (Å²) in [6, 6.07) is 10.9. The van der Waals surface area contributed by atoms with Crippen molar-refractivity contribution in [2.75, 3.05) is 14.2 Å². The molecule has 11 heteroatoms. The van der Waals surface area contributed by atoms with Gasteiger partial charge in [-0.1, -0.05) is 32.0 Å². The highest BCUT2D eigenvalue weighted by Gasteiger charge is 2.77. The smallest absolute Gasteiger partial charge is 0.351 e. The minimum atomic E-state index is -4.06. The van der Waals surface area contributed by atoms with Crippen LogP contribution < -0.4 is 0 Å². The van der Waals surface area contributed by atoms with Crippen LogP contribution in [0.5, 0.6) is 0 Å². The molecule has 6 rings (SSSR count). The molecule has 1 heterocycles. The van der Waals surface area contributed by atoms with Crippen LogP contribution in [0.15, 0.2) is 47.4 Å². The first-order chi connectivity index (χ1) is 19.7. The van der Waals surface area contributed by atoms with E-state index in [2.05, 4.69) is 0 Å². The number of carbonyl (C=O) groups excluding carboxylic acids is 4. The minimum absolute atomic E-state index is 0.0285. The van der Waals surface area contributed by atoms with Crippen LogP contribution in [-0.4, -0.2) is 63.5 Å². The molecule has 0 radical (unpaired) electrons. The van der Waals surface area contributed by atoms with Crippen LogP contribution in [0.3, 0.4) is 0 Å². The lowest BCUT2D eigenvalue weighted by molar-refractivity contribution is -0.187. The van der Waals surface area contributed by atoms with Gasteiger partial charge in [-0.25, -0.2) is 22.8 Å². The standard InChI is InChI=1S/C31H32O10S/c1-29(2)30(3)11-12-31(29,41-27(30)34)28(35)40-23-19-15-20(24(23)42(36,37)16-9-7-6-8-10-16)18-14-22(26(33)39-5)21(13-17(18)19)25(32)38-4/h6-10,13-14,19-20,23-24H,11-12,15H2,1-5H3/t19-,20+,23-,24-,30+,31-/m1/s1. The molecular formula is C31H32O10S. The van der Waals surface area contributed by atoms with Crippen molar-refractivity contribution in [3.63, 3.8) is 0 Å². The maximum absolute atomic E-state index is 14.2. The van der Waals surface area contributed by atoms with Gasteiger partial charge in [0.25, 0.3) is 0 Å². The summed E-state index contributed by atoms with van der Waals surface area (Å²) in [5.41, 5.74) is -2.20. The summed E-state index contributed by atoms with van der Waals surface area (Å²) in [5.74, 6) is -4.01. The lowest BCUT2D eigenvalue weighted by Gasteiger charge is -2.38. The van der Waals surface area contributed by atoms with Gasteiger partial charge < -0.3 is 18.9 Å². The maximum Gasteiger partial charge on any atom is 0.351 e. The van der Waals surface area contributed by atoms with E-state index in [1.54, 1.807) is 39.0 Å². The Kier molecular flexibility index (Phi) is 6.17. The molecule has 0 N–H and O–H groups in total. The summed E-state index contributed by atoms with van der Waals surface area (Å²) in [6.07, 6.45) is -0.115. The molecule has 1 saturated heterocycles. The molecule has 6 atom stereocenters. The maximum atomic E-state index is 14.2. The van der Waals surface area contributed by atoms with Crippen LogP contribution >= 0.6 is 0 Å². The zero-order valence-electron chi connectivity index (χ0n) is 24.0. The first kappa shape index (κ1) is 28.4. The van der Waals surface area contributed by atoms with Gasteiger partial charge >= 0.3 is 23.9 Å². The second-order valence-electron chi connectivity index (χ2n) is 12.3. The van der Waals surface area contributed by atoms with Gasteiger partial charge in [0, 0.05) is 17.3 Å². The highest BCUT2D eigenvalue weighted by molar-refractivity contribution is 7.92. The predicted molar refractivity (Wildman–Crippen MR) is 146 cm³/mol. The number of hydrogen-bond acceptors (Lipinski definition) is 10. The predicted octanol–water partition coefficient (Wildman–Crippen LogP) is 3.72. The van der Waals surface area contributed by atoms with Crippen molar-refractivity contribution in [3.05, 3.63) is 64.7 Å². The molecule has 2 aromatic rings. The van der Waals surface area contributed by atoms with E-state index in [0.29, 0.717) is 24.0 Å². The Hall–Kier alpha value is -3.73. The molecule has 0 spiro atoms. The van der Waals surface area contributed by atoms with Crippen LogP contribution in [0, 0.1) is 10.8 Å². The van der Waals surface area contributed by atoms with Crippen LogP contribution in [0.1, 0.15) is 83.7 Å². The van der Waals surface area contributed by atoms with E-state index < -0.39 is 73.3 Å². The lowest BCUT2D eigenvalue weighted by atomic mass is 9.66. The van der Waals surface area contributed by atoms with Gasteiger partial charge in [-0.2, -0.15) is 0 Å². The van der Waals surface area contributed by atoms with Gasteiger partial charge in [0.15, 0.2) is 9.84 Å². The molecule has 222 valence electrons. The summed E-state index contributed by atoms with van der Waals surface area (Å²) in [5, 5.41) is -1.18. The van der Waals surface area contributed by atoms with E-state index in [4.69, 9.17) is 18.9 Å². The summed E-state index contributed by atoms with van der Waals surface area (Å²) in [7, 11) is -1.69. The lowest BCUT2D eigenvalue weighted by Crippen LogP contribution is -2.52. The fourth-order valence-electron chi connectivity index (χ4n) is 7.67. The fourth-order valence-corrected chi connectivity index (χ4v) is 9.81. The van der Waals surface area contributed by atoms with E-state index in [0.717, 1.165) is 0 Å². The largest absolute Gasteiger partial charge is 0.465 e. The topological polar surface area (TPSA) is 139 Å². The molecule has 3 fully saturated rings. The molecule has 0 unspecified atom stereocenters. The van der Waals surface area contributed by atoms with Crippen molar-refractivity contribution >= 4 is 33.7 Å². The fraction of sp³-hybridized carbons (Fsp3) is 0.484. The van der Waals surface area contributed by atoms with Gasteiger partial charge in [-0.05, 0) is 61.6 Å². The normalized spacial score (nSPS) is 31.8. The zero-order chi connectivity index (χ0) is 30.4. The molecule has 4 aliphatic rings. The number of carbonyl (C=O) groups is 4. The van der Waals surface area contributed by atoms with E-state index in [9.17, 15) is 27.6 Å². The quantitative estimate of drug-likeness (QED) is 0.358. The van der Waals surface area contributed by atoms with Gasteiger partial charge in [0.2, 0.25) is 5.60 Å². The first-order valence-electron chi connectivity index (χ1n) is 13.8. The Morgan fingerprint density at radius 1 is 0.881 bits per heavy atom. The summed E-state index contributed by atoms with van der Waals surface area (Å²) < 4.78 is 50.1. The number of hydrogen-bond donors (Lipinski definition) is 0. The summed E-state index contributed by atoms with van der Waals surface area (Å²) in [6.45, 7) is 5.38. The van der Waals surface area contributed by atoms with Crippen molar-refractivity contribution in [1.82, 2.24) is 0 Å². The molecule has 4 bridgehead atoms. The number of rotatable bonds is 6. The average molecular weight is 597 g/mol. The molecule has 0 amide bonds. The zero-order valence-corrected chi connectivity index (χ0v) is 24.8. The molecule has 0 aromatic heterocycles. The second kappa shape index (κ2) is 9.13. The molecule has 2 saturated carbocycles. The Balaban J connectivity index is 1.48. The van der Waals surface area contributed by atoms with Gasteiger partial charge in [-0.3, -0.25) is 4.79 Å². The van der Waals surface area contributed by atoms with E-state index in [-0.39, 0.29) is 22.4 Å². The Morgan fingerprint density at radius 3 is 1.95 bits per heavy atom. The van der Waals surface area contributed by atoms with Gasteiger partial charge in [-0.15, -0.1) is 0 Å². The highest BCUT2D eigenvalue weighted by Crippen LogP contribution is 2.66. The monoisotopic (exact) mass is 596 g/mol. The Morgan fingerprint density at radius 2 is 1.45 bits per heavy atom. The minimum Gasteiger partial charge on any atom is -0.465 e. The van der Waals surface area contributed by atoms with Crippen LogP contribution in [0.25, 0.3) is 0 Å². The number of ether oxygens (including phenoxy) is 4. The molecule has 3 aliphatic carbocycles. The summed E-state index contributed by atoms with van der Waals surface area (Å²) >= 11 is 0. The second-order valence-corrected chi connectivity index (χ2v) is 14.4. The SMILES string of the molecule is COC(=O)c1cc2c(cc1C(=O)OC)[C@@H]1C[C@H]2[C@@H](OC(=O)[C@@]23CC[C@@](C)(C(=O)O2)C3(C)C)[C@@H]1S(=O)(=O)c1ccccc1. The van der Waals surface area contributed by atoms with Crippen LogP contribution in [-0.2, 0) is 38.4 Å². The molecule has 10 nitrogen and oxygen atoms in total. The van der Waals surface area contributed by atoms with Gasteiger partial charge in [0.05, 0.1) is 35.7 Å². The third kappa shape index (κ3) is 3.46. The third-order valence-electron chi connectivity index (χ3n) is 10.5. The average Bonchev–Trinajstić information content (AvgIpc) is 3.63. The summed E-state index contributed by atoms with van der Waals surface area (Å²) in [4.78, 5) is 52.3. The third-order valence-corrected chi connectivity index (χ3v) is 12.8. The van der Waals surface area contributed by atoms with Crippen molar-refractivity contribution in [1.29, 1.82) is 0 Å². The van der Waals surface area contributed by atoms with Crippen LogP contribution in [0.4, 0.5) is 0 Å². The molecular weight excluding hydrogens is 564 g/mol. The molecule has 2 aromatic carbocycles.